The third kappa shape index (κ3) is 1.96. The molecule has 5 heteroatoms. The third-order valence-corrected chi connectivity index (χ3v) is 3.40. The van der Waals surface area contributed by atoms with E-state index >= 15 is 0 Å². The van der Waals surface area contributed by atoms with Gasteiger partial charge in [-0.05, 0) is 37.6 Å². The molecule has 0 saturated carbocycles. The van der Waals surface area contributed by atoms with Crippen molar-refractivity contribution in [2.24, 2.45) is 5.41 Å². The van der Waals surface area contributed by atoms with Crippen LogP contribution in [-0.4, -0.2) is 25.4 Å². The van der Waals surface area contributed by atoms with Crippen molar-refractivity contribution in [1.82, 2.24) is 5.32 Å². The van der Waals surface area contributed by atoms with E-state index in [1.807, 2.05) is 0 Å². The van der Waals surface area contributed by atoms with E-state index in [1.165, 1.54) is 29.2 Å². The molecule has 1 fully saturated rings. The zero-order chi connectivity index (χ0) is 13.3. The van der Waals surface area contributed by atoms with Gasteiger partial charge in [0.2, 0.25) is 11.8 Å². The number of hydrogen-bond acceptors (Lipinski definition) is 2. The average molecular weight is 250 g/mol. The predicted molar refractivity (Wildman–Crippen MR) is 65.5 cm³/mol. The second-order valence-corrected chi connectivity index (χ2v) is 4.68. The highest BCUT2D eigenvalue weighted by Crippen LogP contribution is 2.30. The van der Waals surface area contributed by atoms with Crippen LogP contribution < -0.4 is 10.2 Å². The van der Waals surface area contributed by atoms with Gasteiger partial charge >= 0.3 is 0 Å². The second-order valence-electron chi connectivity index (χ2n) is 4.68. The van der Waals surface area contributed by atoms with Gasteiger partial charge in [0.05, 0.1) is 0 Å². The van der Waals surface area contributed by atoms with E-state index in [2.05, 4.69) is 5.32 Å². The molecule has 18 heavy (non-hydrogen) atoms. The number of hydrogen-bond donors (Lipinski definition) is 1. The summed E-state index contributed by atoms with van der Waals surface area (Å²) in [6.07, 6.45) is 0.482. The Morgan fingerprint density at radius 2 is 2.00 bits per heavy atom. The van der Waals surface area contributed by atoms with Crippen LogP contribution in [0.5, 0.6) is 0 Å². The summed E-state index contributed by atoms with van der Waals surface area (Å²) in [6, 6.07) is 5.61. The molecule has 0 bridgehead atoms. The zero-order valence-electron chi connectivity index (χ0n) is 10.4. The molecular formula is C13H15FN2O2. The number of anilines is 1. The number of nitrogens with one attached hydrogen (secondary N) is 1. The second kappa shape index (κ2) is 4.40. The predicted octanol–water partition coefficient (Wildman–Crippen LogP) is 1.31. The van der Waals surface area contributed by atoms with Crippen LogP contribution in [0.25, 0.3) is 0 Å². The van der Waals surface area contributed by atoms with Crippen molar-refractivity contribution in [2.45, 2.75) is 13.3 Å². The van der Waals surface area contributed by atoms with E-state index in [9.17, 15) is 14.0 Å². The van der Waals surface area contributed by atoms with E-state index < -0.39 is 5.41 Å². The van der Waals surface area contributed by atoms with Gasteiger partial charge in [0, 0.05) is 19.3 Å². The van der Waals surface area contributed by atoms with Gasteiger partial charge in [0.1, 0.15) is 11.2 Å². The van der Waals surface area contributed by atoms with Crippen molar-refractivity contribution in [3.8, 4) is 0 Å². The van der Waals surface area contributed by atoms with Crippen molar-refractivity contribution in [3.05, 3.63) is 30.1 Å². The number of carbonyl (C=O) groups excluding carboxylic acids is 2. The number of rotatable bonds is 2. The van der Waals surface area contributed by atoms with Crippen LogP contribution >= 0.6 is 0 Å². The van der Waals surface area contributed by atoms with Crippen LogP contribution in [0.4, 0.5) is 10.1 Å². The minimum atomic E-state index is -1.02. The summed E-state index contributed by atoms with van der Waals surface area (Å²) >= 11 is 0. The van der Waals surface area contributed by atoms with Gasteiger partial charge in [-0.25, -0.2) is 4.39 Å². The lowest BCUT2D eigenvalue weighted by Gasteiger charge is -2.26. The molecule has 1 unspecified atom stereocenters. The Morgan fingerprint density at radius 3 is 2.50 bits per heavy atom. The Bertz CT molecular complexity index is 486. The number of benzene rings is 1. The molecule has 0 aliphatic carbocycles. The Labute approximate surface area is 105 Å². The highest BCUT2D eigenvalue weighted by Gasteiger charge is 2.46. The lowest BCUT2D eigenvalue weighted by atomic mass is 9.87. The molecule has 1 aliphatic heterocycles. The molecule has 1 atom stereocenters. The Balaban J connectivity index is 2.23. The van der Waals surface area contributed by atoms with Crippen LogP contribution in [0.15, 0.2) is 24.3 Å². The van der Waals surface area contributed by atoms with Crippen molar-refractivity contribution in [2.75, 3.05) is 18.5 Å². The molecule has 2 rings (SSSR count). The van der Waals surface area contributed by atoms with Crippen LogP contribution in [0.2, 0.25) is 0 Å². The molecule has 0 radical (unpaired) electrons. The number of carbonyl (C=O) groups is 2. The van der Waals surface area contributed by atoms with Crippen LogP contribution in [0, 0.1) is 11.2 Å². The van der Waals surface area contributed by atoms with Crippen molar-refractivity contribution in [1.29, 1.82) is 0 Å². The fourth-order valence-corrected chi connectivity index (χ4v) is 2.09. The lowest BCUT2D eigenvalue weighted by Crippen LogP contribution is -2.44. The van der Waals surface area contributed by atoms with Gasteiger partial charge in [0.15, 0.2) is 0 Å². The topological polar surface area (TPSA) is 49.4 Å². The van der Waals surface area contributed by atoms with E-state index in [4.69, 9.17) is 0 Å². The Kier molecular flexibility index (Phi) is 3.07. The quantitative estimate of drug-likeness (QED) is 0.805. The van der Waals surface area contributed by atoms with Gasteiger partial charge < -0.3 is 10.2 Å². The normalized spacial score (nSPS) is 22.7. The van der Waals surface area contributed by atoms with E-state index in [-0.39, 0.29) is 17.6 Å². The summed E-state index contributed by atoms with van der Waals surface area (Å²) < 4.78 is 12.8. The average Bonchev–Trinajstić information content (AvgIpc) is 2.70. The maximum Gasteiger partial charge on any atom is 0.242 e. The minimum Gasteiger partial charge on any atom is -0.355 e. The molecule has 1 aromatic carbocycles. The summed E-state index contributed by atoms with van der Waals surface area (Å²) in [5.41, 5.74) is -0.453. The zero-order valence-corrected chi connectivity index (χ0v) is 10.4. The largest absolute Gasteiger partial charge is 0.355 e. The highest BCUT2D eigenvalue weighted by atomic mass is 19.1. The highest BCUT2D eigenvalue weighted by molar-refractivity contribution is 6.12. The molecule has 1 N–H and O–H groups in total. The SMILES string of the molecule is CN(C(=O)C1(C)CCNC1=O)c1ccc(F)cc1. The number of nitrogens with zero attached hydrogens (tertiary/aromatic N) is 1. The molecule has 1 saturated heterocycles. The molecule has 2 amide bonds. The number of amides is 2. The minimum absolute atomic E-state index is 0.249. The summed E-state index contributed by atoms with van der Waals surface area (Å²) in [6.45, 7) is 2.15. The fourth-order valence-electron chi connectivity index (χ4n) is 2.09. The monoisotopic (exact) mass is 250 g/mol. The third-order valence-electron chi connectivity index (χ3n) is 3.40. The molecule has 0 aromatic heterocycles. The maximum absolute atomic E-state index is 12.8. The molecule has 0 spiro atoms. The van der Waals surface area contributed by atoms with E-state index in [1.54, 1.807) is 14.0 Å². The van der Waals surface area contributed by atoms with Crippen molar-refractivity contribution in [3.63, 3.8) is 0 Å². The molecule has 4 nitrogen and oxygen atoms in total. The first kappa shape index (κ1) is 12.5. The summed E-state index contributed by atoms with van der Waals surface area (Å²) in [4.78, 5) is 25.4. The standard InChI is InChI=1S/C13H15FN2O2/c1-13(7-8-15-11(13)17)12(18)16(2)10-5-3-9(14)4-6-10/h3-6H,7-8H2,1-2H3,(H,15,17). The Hall–Kier alpha value is -1.91. The van der Waals surface area contributed by atoms with Crippen LogP contribution in [0.1, 0.15) is 13.3 Å². The van der Waals surface area contributed by atoms with Crippen LogP contribution in [0.3, 0.4) is 0 Å². The van der Waals surface area contributed by atoms with Gasteiger partial charge in [-0.1, -0.05) is 0 Å². The first-order valence-corrected chi connectivity index (χ1v) is 5.77. The van der Waals surface area contributed by atoms with Gasteiger partial charge in [-0.2, -0.15) is 0 Å². The van der Waals surface area contributed by atoms with Crippen molar-refractivity contribution >= 4 is 17.5 Å². The smallest absolute Gasteiger partial charge is 0.242 e. The van der Waals surface area contributed by atoms with E-state index in [0.717, 1.165) is 0 Å². The maximum atomic E-state index is 12.8. The fraction of sp³-hybridized carbons (Fsp3) is 0.385. The molecule has 1 heterocycles. The van der Waals surface area contributed by atoms with Crippen LogP contribution in [-0.2, 0) is 9.59 Å². The van der Waals surface area contributed by atoms with E-state index in [0.29, 0.717) is 18.7 Å². The summed E-state index contributed by atoms with van der Waals surface area (Å²) in [5, 5.41) is 2.66. The molecule has 96 valence electrons. The first-order valence-electron chi connectivity index (χ1n) is 5.77. The van der Waals surface area contributed by atoms with Gasteiger partial charge in [0.25, 0.3) is 0 Å². The number of halogens is 1. The first-order chi connectivity index (χ1) is 8.45. The lowest BCUT2D eigenvalue weighted by molar-refractivity contribution is -0.137. The van der Waals surface area contributed by atoms with Crippen molar-refractivity contribution < 1.29 is 14.0 Å². The van der Waals surface area contributed by atoms with Gasteiger partial charge in [-0.15, -0.1) is 0 Å². The molecule has 1 aromatic rings. The van der Waals surface area contributed by atoms with Gasteiger partial charge in [-0.3, -0.25) is 9.59 Å². The summed E-state index contributed by atoms with van der Waals surface area (Å²) in [5.74, 6) is -0.880. The molecule has 1 aliphatic rings. The Morgan fingerprint density at radius 1 is 1.39 bits per heavy atom. The molecular weight excluding hydrogens is 235 g/mol. The summed E-state index contributed by atoms with van der Waals surface area (Å²) in [7, 11) is 1.59.